The van der Waals surface area contributed by atoms with Gasteiger partial charge in [0.15, 0.2) is 0 Å². The van der Waals surface area contributed by atoms with E-state index in [0.717, 1.165) is 12.1 Å². The Kier molecular flexibility index (Phi) is 3.23. The van der Waals surface area contributed by atoms with Crippen molar-refractivity contribution >= 4 is 5.97 Å². The van der Waals surface area contributed by atoms with Crippen LogP contribution < -0.4 is 0 Å². The first-order valence-electron chi connectivity index (χ1n) is 6.33. The lowest BCUT2D eigenvalue weighted by atomic mass is 10.1. The first-order valence-corrected chi connectivity index (χ1v) is 6.33. The SMILES string of the molecule is CC1=CC(n2cc(-c3ccc(C(F)(F)F)cc3)nn2)OC1=O. The maximum absolute atomic E-state index is 12.5. The second-order valence-electron chi connectivity index (χ2n) is 4.80. The molecule has 0 fully saturated rings. The molecule has 0 aliphatic carbocycles. The van der Waals surface area contributed by atoms with Crippen molar-refractivity contribution in [3.63, 3.8) is 0 Å². The standard InChI is InChI=1S/C14H10F3N3O2/c1-8-6-12(22-13(8)21)20-7-11(18-19-20)9-2-4-10(5-3-9)14(15,16)17/h2-7,12H,1H3. The summed E-state index contributed by atoms with van der Waals surface area (Å²) in [5, 5.41) is 7.72. The van der Waals surface area contributed by atoms with Crippen molar-refractivity contribution in [2.75, 3.05) is 0 Å². The Hall–Kier alpha value is -2.64. The number of aromatic nitrogens is 3. The highest BCUT2D eigenvalue weighted by molar-refractivity contribution is 5.89. The lowest BCUT2D eigenvalue weighted by Gasteiger charge is -2.07. The van der Waals surface area contributed by atoms with E-state index in [1.807, 2.05) is 0 Å². The van der Waals surface area contributed by atoms with Crippen molar-refractivity contribution in [1.29, 1.82) is 0 Å². The van der Waals surface area contributed by atoms with Crippen LogP contribution in [0.15, 0.2) is 42.1 Å². The third-order valence-corrected chi connectivity index (χ3v) is 3.22. The molecule has 2 heterocycles. The average molecular weight is 309 g/mol. The highest BCUT2D eigenvalue weighted by atomic mass is 19.4. The van der Waals surface area contributed by atoms with Crippen LogP contribution in [-0.2, 0) is 15.7 Å². The number of carbonyl (C=O) groups excluding carboxylic acids is 1. The van der Waals surface area contributed by atoms with E-state index in [-0.39, 0.29) is 0 Å². The number of halogens is 3. The van der Waals surface area contributed by atoms with Crippen LogP contribution in [0.25, 0.3) is 11.3 Å². The van der Waals surface area contributed by atoms with E-state index in [4.69, 9.17) is 4.74 Å². The van der Waals surface area contributed by atoms with Gasteiger partial charge in [-0.05, 0) is 25.1 Å². The van der Waals surface area contributed by atoms with Gasteiger partial charge in [0.2, 0.25) is 6.23 Å². The van der Waals surface area contributed by atoms with Crippen molar-refractivity contribution < 1.29 is 22.7 Å². The largest absolute Gasteiger partial charge is 0.433 e. The zero-order chi connectivity index (χ0) is 15.9. The van der Waals surface area contributed by atoms with E-state index in [9.17, 15) is 18.0 Å². The normalized spacial score (nSPS) is 18.3. The molecule has 1 unspecified atom stereocenters. The van der Waals surface area contributed by atoms with Crippen LogP contribution in [0.5, 0.6) is 0 Å². The van der Waals surface area contributed by atoms with Crippen LogP contribution in [-0.4, -0.2) is 21.0 Å². The maximum atomic E-state index is 12.5. The molecule has 22 heavy (non-hydrogen) atoms. The molecule has 0 N–H and O–H groups in total. The Balaban J connectivity index is 1.84. The molecular weight excluding hydrogens is 299 g/mol. The minimum absolute atomic E-state index is 0.391. The molecule has 1 aromatic heterocycles. The fourth-order valence-corrected chi connectivity index (χ4v) is 2.01. The van der Waals surface area contributed by atoms with Crippen molar-refractivity contribution in [3.8, 4) is 11.3 Å². The Morgan fingerprint density at radius 2 is 1.91 bits per heavy atom. The third-order valence-electron chi connectivity index (χ3n) is 3.22. The van der Waals surface area contributed by atoms with E-state index in [0.29, 0.717) is 16.8 Å². The van der Waals surface area contributed by atoms with Crippen LogP contribution >= 0.6 is 0 Å². The summed E-state index contributed by atoms with van der Waals surface area (Å²) in [6.45, 7) is 1.62. The van der Waals surface area contributed by atoms with Gasteiger partial charge >= 0.3 is 12.1 Å². The Bertz CT molecular complexity index is 747. The minimum Gasteiger partial charge on any atom is -0.433 e. The number of alkyl halides is 3. The molecule has 1 aliphatic heterocycles. The zero-order valence-corrected chi connectivity index (χ0v) is 11.3. The molecule has 0 bridgehead atoms. The number of benzene rings is 1. The number of hydrogen-bond donors (Lipinski definition) is 0. The Morgan fingerprint density at radius 3 is 2.45 bits per heavy atom. The number of nitrogens with zero attached hydrogens (tertiary/aromatic N) is 3. The van der Waals surface area contributed by atoms with Crippen molar-refractivity contribution in [3.05, 3.63) is 47.7 Å². The summed E-state index contributed by atoms with van der Waals surface area (Å²) in [4.78, 5) is 11.3. The molecule has 0 radical (unpaired) electrons. The lowest BCUT2D eigenvalue weighted by molar-refractivity contribution is -0.143. The number of esters is 1. The number of ether oxygens (including phenoxy) is 1. The minimum atomic E-state index is -4.38. The van der Waals surface area contributed by atoms with Gasteiger partial charge in [0.1, 0.15) is 5.69 Å². The summed E-state index contributed by atoms with van der Waals surface area (Å²) in [6, 6.07) is 4.60. The van der Waals surface area contributed by atoms with E-state index in [2.05, 4.69) is 10.3 Å². The van der Waals surface area contributed by atoms with Crippen molar-refractivity contribution in [2.24, 2.45) is 0 Å². The van der Waals surface area contributed by atoms with Gasteiger partial charge < -0.3 is 4.74 Å². The van der Waals surface area contributed by atoms with E-state index in [1.165, 1.54) is 23.0 Å². The maximum Gasteiger partial charge on any atom is 0.416 e. The third kappa shape index (κ3) is 2.59. The quantitative estimate of drug-likeness (QED) is 0.800. The second-order valence-corrected chi connectivity index (χ2v) is 4.80. The molecule has 1 aromatic carbocycles. The Morgan fingerprint density at radius 1 is 1.23 bits per heavy atom. The van der Waals surface area contributed by atoms with E-state index < -0.39 is 23.9 Å². The predicted octanol–water partition coefficient (Wildman–Crippen LogP) is 2.97. The van der Waals surface area contributed by atoms with Gasteiger partial charge in [-0.3, -0.25) is 0 Å². The molecule has 114 valence electrons. The van der Waals surface area contributed by atoms with Gasteiger partial charge in [0, 0.05) is 11.1 Å². The highest BCUT2D eigenvalue weighted by Gasteiger charge is 2.30. The zero-order valence-electron chi connectivity index (χ0n) is 11.3. The summed E-state index contributed by atoms with van der Waals surface area (Å²) < 4.78 is 43.9. The molecule has 0 saturated heterocycles. The van der Waals surface area contributed by atoms with Crippen molar-refractivity contribution in [1.82, 2.24) is 15.0 Å². The molecule has 3 rings (SSSR count). The number of hydrogen-bond acceptors (Lipinski definition) is 4. The van der Waals surface area contributed by atoms with E-state index in [1.54, 1.807) is 13.0 Å². The molecule has 0 amide bonds. The highest BCUT2D eigenvalue weighted by Crippen LogP contribution is 2.31. The average Bonchev–Trinajstić information content (AvgIpc) is 3.06. The summed E-state index contributed by atoms with van der Waals surface area (Å²) in [6.07, 6.45) is -1.96. The van der Waals surface area contributed by atoms with Crippen LogP contribution in [0.1, 0.15) is 18.7 Å². The fourth-order valence-electron chi connectivity index (χ4n) is 2.01. The fraction of sp³-hybridized carbons (Fsp3) is 0.214. The first kappa shape index (κ1) is 14.3. The molecule has 0 saturated carbocycles. The van der Waals surface area contributed by atoms with Gasteiger partial charge in [-0.15, -0.1) is 5.10 Å². The van der Waals surface area contributed by atoms with Crippen LogP contribution in [0.2, 0.25) is 0 Å². The summed E-state index contributed by atoms with van der Waals surface area (Å²) in [7, 11) is 0. The van der Waals surface area contributed by atoms with Crippen molar-refractivity contribution in [2.45, 2.75) is 19.3 Å². The topological polar surface area (TPSA) is 57.0 Å². The summed E-state index contributed by atoms with van der Waals surface area (Å²) in [5.74, 6) is -0.434. The first-order chi connectivity index (χ1) is 10.3. The monoisotopic (exact) mass is 309 g/mol. The summed E-state index contributed by atoms with van der Waals surface area (Å²) in [5.41, 5.74) is 0.621. The molecule has 1 aliphatic rings. The lowest BCUT2D eigenvalue weighted by Crippen LogP contribution is -2.09. The second kappa shape index (κ2) is 4.97. The van der Waals surface area contributed by atoms with Gasteiger partial charge in [-0.25, -0.2) is 9.48 Å². The van der Waals surface area contributed by atoms with E-state index >= 15 is 0 Å². The number of carbonyl (C=O) groups is 1. The smallest absolute Gasteiger partial charge is 0.416 e. The molecule has 0 spiro atoms. The van der Waals surface area contributed by atoms with Crippen LogP contribution in [0.4, 0.5) is 13.2 Å². The Labute approximate surface area is 123 Å². The summed E-state index contributed by atoms with van der Waals surface area (Å²) >= 11 is 0. The van der Waals surface area contributed by atoms with Crippen LogP contribution in [0.3, 0.4) is 0 Å². The molecule has 5 nitrogen and oxygen atoms in total. The van der Waals surface area contributed by atoms with Gasteiger partial charge in [-0.2, -0.15) is 13.2 Å². The number of cyclic esters (lactones) is 1. The molecule has 1 atom stereocenters. The van der Waals surface area contributed by atoms with Crippen LogP contribution in [0, 0.1) is 0 Å². The van der Waals surface area contributed by atoms with Gasteiger partial charge in [-0.1, -0.05) is 17.3 Å². The predicted molar refractivity (Wildman–Crippen MR) is 69.3 cm³/mol. The molecule has 2 aromatic rings. The van der Waals surface area contributed by atoms with Gasteiger partial charge in [0.25, 0.3) is 0 Å². The number of rotatable bonds is 2. The molecule has 8 heteroatoms. The molecular formula is C14H10F3N3O2. The van der Waals surface area contributed by atoms with Gasteiger partial charge in [0.05, 0.1) is 11.8 Å².